The number of amides is 1. The maximum atomic E-state index is 11.7. The van der Waals surface area contributed by atoms with Gasteiger partial charge in [0.1, 0.15) is 5.60 Å². The number of nitrogens with zero attached hydrogens (tertiary/aromatic N) is 1. The number of rotatable bonds is 2. The Morgan fingerprint density at radius 2 is 2.33 bits per heavy atom. The molecule has 0 spiro atoms. The van der Waals surface area contributed by atoms with Crippen LogP contribution in [0, 0.1) is 0 Å². The monoisotopic (exact) mass is 198 g/mol. The molecule has 0 aromatic rings. The van der Waals surface area contributed by atoms with Crippen LogP contribution in [0.1, 0.15) is 27.6 Å². The topological polar surface area (TPSA) is 29.5 Å². The number of ether oxygens (including phenoxy) is 1. The van der Waals surface area contributed by atoms with Crippen LogP contribution in [0.25, 0.3) is 0 Å². The first kappa shape index (κ1) is 5.32. The molecule has 0 fully saturated rings. The van der Waals surface area contributed by atoms with E-state index in [1.165, 1.54) is 0 Å². The molecule has 0 bridgehead atoms. The van der Waals surface area contributed by atoms with Crippen LogP contribution >= 0.6 is 11.6 Å². The standard InChI is InChI=1S/C8H16ClNO2/c1-8(2,3)12-7(11)10(4)6-5-9/h5-6H2,1-4H3/i4D3,6D2. The van der Waals surface area contributed by atoms with Crippen molar-refractivity contribution >= 4 is 17.7 Å². The summed E-state index contributed by atoms with van der Waals surface area (Å²) < 4.78 is 41.1. The van der Waals surface area contributed by atoms with Crippen molar-refractivity contribution in [2.45, 2.75) is 26.4 Å². The molecule has 0 saturated carbocycles. The molecule has 0 rings (SSSR count). The number of hydrogen-bond donors (Lipinski definition) is 0. The molecule has 0 aliphatic carbocycles. The Balaban J connectivity index is 5.17. The Bertz CT molecular complexity index is 287. The number of carbonyl (C=O) groups is 1. The molecule has 0 aromatic heterocycles. The van der Waals surface area contributed by atoms with E-state index < -0.39 is 31.0 Å². The number of halogens is 1. The van der Waals surface area contributed by atoms with E-state index in [-0.39, 0.29) is 4.90 Å². The van der Waals surface area contributed by atoms with Gasteiger partial charge in [0.15, 0.2) is 0 Å². The molecule has 0 aliphatic rings. The van der Waals surface area contributed by atoms with Crippen LogP contribution in [-0.4, -0.2) is 35.9 Å². The highest BCUT2D eigenvalue weighted by Gasteiger charge is 2.18. The molecule has 3 nitrogen and oxygen atoms in total. The molecule has 0 atom stereocenters. The van der Waals surface area contributed by atoms with Crippen molar-refractivity contribution < 1.29 is 16.4 Å². The molecular formula is C8H16ClNO2. The van der Waals surface area contributed by atoms with Crippen LogP contribution in [0.5, 0.6) is 0 Å². The highest BCUT2D eigenvalue weighted by atomic mass is 35.5. The largest absolute Gasteiger partial charge is 0.444 e. The zero-order chi connectivity index (χ0) is 14.1. The number of hydrogen-bond acceptors (Lipinski definition) is 2. The Kier molecular flexibility index (Phi) is 2.02. The SMILES string of the molecule is [2H]C([2H])([2H])N(C(=O)OC(C)(C)C)C([2H])([2H])CCl. The van der Waals surface area contributed by atoms with Crippen LogP contribution in [0.3, 0.4) is 0 Å². The summed E-state index contributed by atoms with van der Waals surface area (Å²) >= 11 is 5.33. The van der Waals surface area contributed by atoms with Gasteiger partial charge in [0.2, 0.25) is 0 Å². The fourth-order valence-corrected chi connectivity index (χ4v) is 0.551. The molecule has 0 aromatic carbocycles. The van der Waals surface area contributed by atoms with Gasteiger partial charge in [0.05, 0.1) is 2.74 Å². The lowest BCUT2D eigenvalue weighted by atomic mass is 10.2. The highest BCUT2D eigenvalue weighted by molar-refractivity contribution is 6.18. The Morgan fingerprint density at radius 3 is 2.67 bits per heavy atom. The smallest absolute Gasteiger partial charge is 0.410 e. The molecule has 0 saturated heterocycles. The Labute approximate surface area is 85.7 Å². The molecule has 0 unspecified atom stereocenters. The van der Waals surface area contributed by atoms with Crippen molar-refractivity contribution in [3.05, 3.63) is 0 Å². The molecule has 0 N–H and O–H groups in total. The van der Waals surface area contributed by atoms with E-state index in [2.05, 4.69) is 0 Å². The van der Waals surface area contributed by atoms with Gasteiger partial charge in [-0.15, -0.1) is 11.6 Å². The predicted molar refractivity (Wildman–Crippen MR) is 49.6 cm³/mol. The van der Waals surface area contributed by atoms with E-state index in [1.54, 1.807) is 20.8 Å². The first-order chi connectivity index (χ1) is 7.31. The number of alkyl halides is 1. The van der Waals surface area contributed by atoms with Crippen molar-refractivity contribution in [2.24, 2.45) is 0 Å². The molecule has 1 amide bonds. The molecule has 12 heavy (non-hydrogen) atoms. The minimum atomic E-state index is -2.96. The third kappa shape index (κ3) is 5.24. The van der Waals surface area contributed by atoms with Crippen LogP contribution in [0.4, 0.5) is 4.79 Å². The average Bonchev–Trinajstić information content (AvgIpc) is 1.96. The van der Waals surface area contributed by atoms with Gasteiger partial charge in [-0.2, -0.15) is 0 Å². The summed E-state index contributed by atoms with van der Waals surface area (Å²) in [5.74, 6) is -0.662. The summed E-state index contributed by atoms with van der Waals surface area (Å²) in [4.78, 5) is 11.7. The van der Waals surface area contributed by atoms with Crippen LogP contribution in [0.2, 0.25) is 0 Å². The molecule has 4 heteroatoms. The van der Waals surface area contributed by atoms with E-state index >= 15 is 0 Å². The van der Waals surface area contributed by atoms with Crippen molar-refractivity contribution in [2.75, 3.05) is 19.4 Å². The average molecular weight is 199 g/mol. The van der Waals surface area contributed by atoms with Crippen molar-refractivity contribution in [1.29, 1.82) is 0 Å². The minimum Gasteiger partial charge on any atom is -0.444 e. The summed E-state index contributed by atoms with van der Waals surface area (Å²) in [7, 11) is 0. The van der Waals surface area contributed by atoms with Crippen LogP contribution in [0.15, 0.2) is 0 Å². The Hall–Kier alpha value is -0.440. The summed E-state index contributed by atoms with van der Waals surface area (Å²) in [5.41, 5.74) is -0.914. The van der Waals surface area contributed by atoms with Crippen molar-refractivity contribution in [3.63, 3.8) is 0 Å². The minimum absolute atomic E-state index is 0.0399. The second-order valence-electron chi connectivity index (χ2n) is 3.11. The van der Waals surface area contributed by atoms with Crippen LogP contribution in [-0.2, 0) is 4.74 Å². The second-order valence-corrected chi connectivity index (χ2v) is 3.37. The van der Waals surface area contributed by atoms with Gasteiger partial charge in [-0.05, 0) is 20.8 Å². The van der Waals surface area contributed by atoms with Gasteiger partial charge >= 0.3 is 6.09 Å². The van der Waals surface area contributed by atoms with Gasteiger partial charge < -0.3 is 9.64 Å². The molecule has 0 aliphatic heterocycles. The third-order valence-electron chi connectivity index (χ3n) is 0.794. The molecular weight excluding hydrogens is 178 g/mol. The molecule has 0 heterocycles. The van der Waals surface area contributed by atoms with E-state index in [9.17, 15) is 4.79 Å². The quantitative estimate of drug-likeness (QED) is 0.636. The maximum absolute atomic E-state index is 11.7. The lowest BCUT2D eigenvalue weighted by molar-refractivity contribution is 0.0309. The molecule has 0 radical (unpaired) electrons. The van der Waals surface area contributed by atoms with E-state index in [0.29, 0.717) is 0 Å². The fraction of sp³-hybridized carbons (Fsp3) is 0.875. The van der Waals surface area contributed by atoms with E-state index in [4.69, 9.17) is 23.2 Å². The van der Waals surface area contributed by atoms with Crippen LogP contribution < -0.4 is 0 Å². The maximum Gasteiger partial charge on any atom is 0.410 e. The summed E-state index contributed by atoms with van der Waals surface area (Å²) in [6.45, 7) is -0.799. The fourth-order valence-electron chi connectivity index (χ4n) is 0.432. The first-order valence-corrected chi connectivity index (χ1v) is 3.94. The van der Waals surface area contributed by atoms with Crippen molar-refractivity contribution in [3.8, 4) is 0 Å². The van der Waals surface area contributed by atoms with Gasteiger partial charge in [-0.1, -0.05) is 0 Å². The van der Waals surface area contributed by atoms with Gasteiger partial charge in [0, 0.05) is 23.5 Å². The zero-order valence-electron chi connectivity index (χ0n) is 12.3. The van der Waals surface area contributed by atoms with E-state index in [1.807, 2.05) is 0 Å². The summed E-state index contributed by atoms with van der Waals surface area (Å²) in [6, 6.07) is 0. The lowest BCUT2D eigenvalue weighted by Gasteiger charge is -2.23. The molecule has 72 valence electrons. The van der Waals surface area contributed by atoms with Crippen molar-refractivity contribution in [1.82, 2.24) is 4.90 Å². The zero-order valence-corrected chi connectivity index (χ0v) is 8.10. The van der Waals surface area contributed by atoms with E-state index in [0.717, 1.165) is 0 Å². The highest BCUT2D eigenvalue weighted by Crippen LogP contribution is 2.08. The second kappa shape index (κ2) is 4.55. The van der Waals surface area contributed by atoms with Gasteiger partial charge in [-0.3, -0.25) is 0 Å². The summed E-state index contributed by atoms with van der Waals surface area (Å²) in [6.07, 6.45) is -1.26. The van der Waals surface area contributed by atoms with Gasteiger partial charge in [-0.25, -0.2) is 4.79 Å². The summed E-state index contributed by atoms with van der Waals surface area (Å²) in [5, 5.41) is 0. The first-order valence-electron chi connectivity index (χ1n) is 5.90. The third-order valence-corrected chi connectivity index (χ3v) is 0.913. The lowest BCUT2D eigenvalue weighted by Crippen LogP contribution is -2.35. The predicted octanol–water partition coefficient (Wildman–Crippen LogP) is 2.09. The Morgan fingerprint density at radius 1 is 1.75 bits per heavy atom. The number of carbonyl (C=O) groups excluding carboxylic acids is 1. The normalized spacial score (nSPS) is 19.5. The van der Waals surface area contributed by atoms with Gasteiger partial charge in [0.25, 0.3) is 0 Å².